The molecule has 4 nitrogen and oxygen atoms in total. The molecule has 16 heavy (non-hydrogen) atoms. The van der Waals surface area contributed by atoms with Gasteiger partial charge in [0.25, 0.3) is 0 Å². The van der Waals surface area contributed by atoms with Gasteiger partial charge in [-0.25, -0.2) is 0 Å². The van der Waals surface area contributed by atoms with E-state index in [0.717, 1.165) is 37.4 Å². The van der Waals surface area contributed by atoms with E-state index in [9.17, 15) is 0 Å². The van der Waals surface area contributed by atoms with Crippen LogP contribution >= 0.6 is 0 Å². The smallest absolute Gasteiger partial charge is 0.150 e. The van der Waals surface area contributed by atoms with Crippen molar-refractivity contribution in [1.29, 1.82) is 0 Å². The molecule has 1 unspecified atom stereocenters. The summed E-state index contributed by atoms with van der Waals surface area (Å²) in [5.41, 5.74) is 0.945. The quantitative estimate of drug-likeness (QED) is 0.827. The Morgan fingerprint density at radius 2 is 2.50 bits per heavy atom. The first-order valence-electron chi connectivity index (χ1n) is 6.06. The molecule has 4 heteroatoms. The minimum atomic E-state index is 0.297. The average Bonchev–Trinajstić information content (AvgIpc) is 2.86. The predicted molar refractivity (Wildman–Crippen MR) is 61.0 cm³/mol. The normalized spacial score (nSPS) is 21.8. The molecule has 1 aromatic rings. The van der Waals surface area contributed by atoms with Crippen molar-refractivity contribution in [2.24, 2.45) is 0 Å². The van der Waals surface area contributed by atoms with Crippen LogP contribution in [0.5, 0.6) is 0 Å². The van der Waals surface area contributed by atoms with Crippen LogP contribution in [0.1, 0.15) is 37.1 Å². The number of nitrogens with zero attached hydrogens (tertiary/aromatic N) is 2. The molecule has 0 amide bonds. The molecular weight excluding hydrogens is 204 g/mol. The van der Waals surface area contributed by atoms with Crippen LogP contribution in [0.25, 0.3) is 0 Å². The standard InChI is InChI=1S/C12H20N2O2/c1-10-8-12(16-13-10)9-14-6-2-4-11(14)5-3-7-15/h8,11,15H,2-7,9H2,1H3. The average molecular weight is 224 g/mol. The molecule has 0 aliphatic carbocycles. The molecule has 1 fully saturated rings. The molecule has 0 bridgehead atoms. The van der Waals surface area contributed by atoms with Crippen molar-refractivity contribution in [3.63, 3.8) is 0 Å². The number of aryl methyl sites for hydroxylation is 1. The number of aromatic nitrogens is 1. The Morgan fingerprint density at radius 3 is 3.19 bits per heavy atom. The van der Waals surface area contributed by atoms with Crippen LogP contribution in [0.4, 0.5) is 0 Å². The summed E-state index contributed by atoms with van der Waals surface area (Å²) < 4.78 is 5.24. The highest BCUT2D eigenvalue weighted by Crippen LogP contribution is 2.23. The summed E-state index contributed by atoms with van der Waals surface area (Å²) >= 11 is 0. The molecular formula is C12H20N2O2. The van der Waals surface area contributed by atoms with Crippen molar-refractivity contribution < 1.29 is 9.63 Å². The van der Waals surface area contributed by atoms with Gasteiger partial charge in [0.05, 0.1) is 12.2 Å². The van der Waals surface area contributed by atoms with E-state index in [2.05, 4.69) is 10.1 Å². The van der Waals surface area contributed by atoms with Gasteiger partial charge >= 0.3 is 0 Å². The maximum Gasteiger partial charge on any atom is 0.150 e. The minimum absolute atomic E-state index is 0.297. The maximum atomic E-state index is 8.86. The van der Waals surface area contributed by atoms with Crippen molar-refractivity contribution in [2.45, 2.75) is 45.2 Å². The second-order valence-corrected chi connectivity index (χ2v) is 4.57. The predicted octanol–water partition coefficient (Wildman–Crippen LogP) is 1.72. The van der Waals surface area contributed by atoms with E-state index in [0.29, 0.717) is 12.6 Å². The molecule has 2 rings (SSSR count). The van der Waals surface area contributed by atoms with Crippen molar-refractivity contribution in [3.8, 4) is 0 Å². The van der Waals surface area contributed by atoms with Crippen molar-refractivity contribution >= 4 is 0 Å². The lowest BCUT2D eigenvalue weighted by Gasteiger charge is -2.22. The summed E-state index contributed by atoms with van der Waals surface area (Å²) in [5, 5.41) is 12.8. The second-order valence-electron chi connectivity index (χ2n) is 4.57. The van der Waals surface area contributed by atoms with Gasteiger partial charge in [-0.1, -0.05) is 5.16 Å². The lowest BCUT2D eigenvalue weighted by molar-refractivity contribution is 0.191. The van der Waals surface area contributed by atoms with Gasteiger partial charge in [0.2, 0.25) is 0 Å². The van der Waals surface area contributed by atoms with Gasteiger partial charge in [-0.2, -0.15) is 0 Å². The Hall–Kier alpha value is -0.870. The topological polar surface area (TPSA) is 49.5 Å². The van der Waals surface area contributed by atoms with Crippen LogP contribution in [0.3, 0.4) is 0 Å². The summed E-state index contributed by atoms with van der Waals surface area (Å²) in [6.45, 7) is 4.23. The van der Waals surface area contributed by atoms with Gasteiger partial charge < -0.3 is 9.63 Å². The van der Waals surface area contributed by atoms with E-state index in [1.807, 2.05) is 13.0 Å². The van der Waals surface area contributed by atoms with Crippen LogP contribution in [-0.2, 0) is 6.54 Å². The van der Waals surface area contributed by atoms with Gasteiger partial charge in [0, 0.05) is 18.7 Å². The van der Waals surface area contributed by atoms with Crippen LogP contribution in [0.2, 0.25) is 0 Å². The fourth-order valence-corrected chi connectivity index (χ4v) is 2.45. The SMILES string of the molecule is Cc1cc(CN2CCCC2CCCO)on1. The lowest BCUT2D eigenvalue weighted by Crippen LogP contribution is -2.28. The number of hydrogen-bond acceptors (Lipinski definition) is 4. The Bertz CT molecular complexity index is 325. The first-order valence-corrected chi connectivity index (χ1v) is 6.06. The van der Waals surface area contributed by atoms with Gasteiger partial charge in [0.1, 0.15) is 0 Å². The number of likely N-dealkylation sites (tertiary alicyclic amines) is 1. The molecule has 1 N–H and O–H groups in total. The fraction of sp³-hybridized carbons (Fsp3) is 0.750. The Labute approximate surface area is 96.2 Å². The molecule has 1 aliphatic rings. The van der Waals surface area contributed by atoms with Gasteiger partial charge in [-0.15, -0.1) is 0 Å². The zero-order valence-electron chi connectivity index (χ0n) is 9.85. The van der Waals surface area contributed by atoms with Gasteiger partial charge in [-0.05, 0) is 39.2 Å². The molecule has 0 aromatic carbocycles. The third-order valence-electron chi connectivity index (χ3n) is 3.23. The monoisotopic (exact) mass is 224 g/mol. The summed E-state index contributed by atoms with van der Waals surface area (Å²) in [6, 6.07) is 2.61. The number of aliphatic hydroxyl groups is 1. The van der Waals surface area contributed by atoms with Crippen LogP contribution in [0.15, 0.2) is 10.6 Å². The summed E-state index contributed by atoms with van der Waals surface area (Å²) in [4.78, 5) is 2.44. The van der Waals surface area contributed by atoms with Crippen LogP contribution in [0, 0.1) is 6.92 Å². The molecule has 1 aromatic heterocycles. The van der Waals surface area contributed by atoms with E-state index >= 15 is 0 Å². The largest absolute Gasteiger partial charge is 0.396 e. The number of rotatable bonds is 5. The third-order valence-corrected chi connectivity index (χ3v) is 3.23. The number of hydrogen-bond donors (Lipinski definition) is 1. The van der Waals surface area contributed by atoms with Crippen molar-refractivity contribution in [2.75, 3.05) is 13.2 Å². The first-order chi connectivity index (χ1) is 7.79. The molecule has 0 radical (unpaired) electrons. The second kappa shape index (κ2) is 5.46. The van der Waals surface area contributed by atoms with Crippen molar-refractivity contribution in [1.82, 2.24) is 10.1 Å². The van der Waals surface area contributed by atoms with E-state index in [-0.39, 0.29) is 0 Å². The molecule has 1 atom stereocenters. The van der Waals surface area contributed by atoms with Crippen molar-refractivity contribution in [3.05, 3.63) is 17.5 Å². The zero-order chi connectivity index (χ0) is 11.4. The molecule has 2 heterocycles. The van der Waals surface area contributed by atoms with Gasteiger partial charge in [0.15, 0.2) is 5.76 Å². The van der Waals surface area contributed by atoms with Gasteiger partial charge in [-0.3, -0.25) is 4.90 Å². The Morgan fingerprint density at radius 1 is 1.62 bits per heavy atom. The molecule has 90 valence electrons. The highest BCUT2D eigenvalue weighted by atomic mass is 16.5. The minimum Gasteiger partial charge on any atom is -0.396 e. The lowest BCUT2D eigenvalue weighted by atomic mass is 10.1. The number of aliphatic hydroxyl groups excluding tert-OH is 1. The van der Waals surface area contributed by atoms with Crippen LogP contribution in [-0.4, -0.2) is 34.4 Å². The molecule has 1 aliphatic heterocycles. The van der Waals surface area contributed by atoms with E-state index < -0.39 is 0 Å². The Balaban J connectivity index is 1.88. The highest BCUT2D eigenvalue weighted by molar-refractivity contribution is 5.03. The Kier molecular flexibility index (Phi) is 3.96. The summed E-state index contributed by atoms with van der Waals surface area (Å²) in [6.07, 6.45) is 4.48. The zero-order valence-corrected chi connectivity index (χ0v) is 9.85. The molecule has 0 saturated carbocycles. The summed E-state index contributed by atoms with van der Waals surface area (Å²) in [5.74, 6) is 0.952. The summed E-state index contributed by atoms with van der Waals surface area (Å²) in [7, 11) is 0. The molecule has 0 spiro atoms. The maximum absolute atomic E-state index is 8.86. The molecule has 1 saturated heterocycles. The van der Waals surface area contributed by atoms with E-state index in [1.54, 1.807) is 0 Å². The van der Waals surface area contributed by atoms with E-state index in [1.165, 1.54) is 12.8 Å². The highest BCUT2D eigenvalue weighted by Gasteiger charge is 2.24. The van der Waals surface area contributed by atoms with Crippen LogP contribution < -0.4 is 0 Å². The third kappa shape index (κ3) is 2.83. The first kappa shape index (κ1) is 11.6. The fourth-order valence-electron chi connectivity index (χ4n) is 2.45. The van der Waals surface area contributed by atoms with E-state index in [4.69, 9.17) is 9.63 Å².